The number of halogens is 1. The highest BCUT2D eigenvalue weighted by atomic mass is 79.9. The van der Waals surface area contributed by atoms with Gasteiger partial charge in [-0.15, -0.1) is 0 Å². The lowest BCUT2D eigenvalue weighted by Crippen LogP contribution is -2.34. The summed E-state index contributed by atoms with van der Waals surface area (Å²) in [6.07, 6.45) is 2.55. The molecule has 0 aliphatic carbocycles. The predicted octanol–water partition coefficient (Wildman–Crippen LogP) is 5.81. The van der Waals surface area contributed by atoms with Crippen LogP contribution in [0.1, 0.15) is 25.3 Å². The molecule has 0 spiro atoms. The monoisotopic (exact) mass is 410 g/mol. The topological polar surface area (TPSA) is 25.4 Å². The van der Waals surface area contributed by atoms with E-state index in [0.717, 1.165) is 51.5 Å². The number of fused-ring (bicyclic) bond motifs is 1. The maximum Gasteiger partial charge on any atom is 0.146 e. The Morgan fingerprint density at radius 3 is 2.77 bits per heavy atom. The van der Waals surface area contributed by atoms with E-state index in [4.69, 9.17) is 9.72 Å². The van der Waals surface area contributed by atoms with E-state index in [1.54, 1.807) is 0 Å². The summed E-state index contributed by atoms with van der Waals surface area (Å²) in [5, 5.41) is 1.12. The minimum absolute atomic E-state index is 0.541. The normalized spacial score (nSPS) is 17.5. The number of anilines is 1. The Balaban J connectivity index is 1.59. The molecule has 0 unspecified atom stereocenters. The van der Waals surface area contributed by atoms with E-state index in [0.29, 0.717) is 6.61 Å². The lowest BCUT2D eigenvalue weighted by atomic mass is 10.0. The van der Waals surface area contributed by atoms with Gasteiger partial charge in [0.2, 0.25) is 0 Å². The Bertz CT molecular complexity index is 894. The standard InChI is InChI=1S/C22H23BrN2O/c1-16-4-3-13-25(14-16)21-12-9-18-5-2-6-20(22(18)24-21)26-15-17-7-10-19(23)11-8-17/h2,5-12,16H,3-4,13-15H2,1H3/t16-/m1/s1. The Kier molecular flexibility index (Phi) is 5.11. The molecule has 3 nitrogen and oxygen atoms in total. The zero-order valence-corrected chi connectivity index (χ0v) is 16.6. The zero-order chi connectivity index (χ0) is 17.9. The Labute approximate surface area is 163 Å². The van der Waals surface area contributed by atoms with E-state index in [1.807, 2.05) is 24.3 Å². The SMILES string of the molecule is C[C@@H]1CCCN(c2ccc3cccc(OCc4ccc(Br)cc4)c3n2)C1. The third-order valence-electron chi connectivity index (χ3n) is 4.96. The van der Waals surface area contributed by atoms with Crippen molar-refractivity contribution in [3.8, 4) is 5.75 Å². The summed E-state index contributed by atoms with van der Waals surface area (Å²) in [4.78, 5) is 7.36. The average molecular weight is 411 g/mol. The van der Waals surface area contributed by atoms with Gasteiger partial charge in [-0.05, 0) is 54.7 Å². The highest BCUT2D eigenvalue weighted by Gasteiger charge is 2.18. The van der Waals surface area contributed by atoms with Crippen molar-refractivity contribution in [3.63, 3.8) is 0 Å². The van der Waals surface area contributed by atoms with Gasteiger partial charge in [0, 0.05) is 22.9 Å². The second-order valence-corrected chi connectivity index (χ2v) is 8.02. The molecule has 0 bridgehead atoms. The van der Waals surface area contributed by atoms with Crippen LogP contribution in [-0.2, 0) is 6.61 Å². The molecule has 2 aromatic carbocycles. The summed E-state index contributed by atoms with van der Waals surface area (Å²) in [5.41, 5.74) is 2.09. The van der Waals surface area contributed by atoms with Crippen LogP contribution in [0.15, 0.2) is 59.1 Å². The average Bonchev–Trinajstić information content (AvgIpc) is 2.67. The summed E-state index contributed by atoms with van der Waals surface area (Å²) >= 11 is 3.47. The number of piperidine rings is 1. The fourth-order valence-corrected chi connectivity index (χ4v) is 3.81. The quantitative estimate of drug-likeness (QED) is 0.542. The van der Waals surface area contributed by atoms with Gasteiger partial charge in [-0.3, -0.25) is 0 Å². The van der Waals surface area contributed by atoms with Crippen molar-refractivity contribution in [2.45, 2.75) is 26.4 Å². The van der Waals surface area contributed by atoms with Crippen molar-refractivity contribution in [2.24, 2.45) is 5.92 Å². The number of rotatable bonds is 4. The zero-order valence-electron chi connectivity index (χ0n) is 15.0. The molecular formula is C22H23BrN2O. The van der Waals surface area contributed by atoms with Crippen molar-refractivity contribution in [1.29, 1.82) is 0 Å². The van der Waals surface area contributed by atoms with Crippen molar-refractivity contribution >= 4 is 32.7 Å². The van der Waals surface area contributed by atoms with Gasteiger partial charge in [-0.25, -0.2) is 4.98 Å². The molecule has 2 heterocycles. The molecule has 1 aliphatic rings. The smallest absolute Gasteiger partial charge is 0.146 e. The number of para-hydroxylation sites is 1. The van der Waals surface area contributed by atoms with Gasteiger partial charge in [-0.2, -0.15) is 0 Å². The maximum absolute atomic E-state index is 6.11. The van der Waals surface area contributed by atoms with Gasteiger partial charge in [0.25, 0.3) is 0 Å². The van der Waals surface area contributed by atoms with E-state index in [9.17, 15) is 0 Å². The number of nitrogens with zero attached hydrogens (tertiary/aromatic N) is 2. The first-order valence-electron chi connectivity index (χ1n) is 9.21. The highest BCUT2D eigenvalue weighted by Crippen LogP contribution is 2.29. The minimum atomic E-state index is 0.541. The van der Waals surface area contributed by atoms with Gasteiger partial charge in [0.15, 0.2) is 0 Å². The third-order valence-corrected chi connectivity index (χ3v) is 5.49. The van der Waals surface area contributed by atoms with E-state index in [2.05, 4.69) is 58.1 Å². The molecule has 1 aromatic heterocycles. The molecule has 0 radical (unpaired) electrons. The van der Waals surface area contributed by atoms with Crippen LogP contribution in [0.2, 0.25) is 0 Å². The van der Waals surface area contributed by atoms with Gasteiger partial charge in [0.05, 0.1) is 0 Å². The Morgan fingerprint density at radius 1 is 1.12 bits per heavy atom. The predicted molar refractivity (Wildman–Crippen MR) is 111 cm³/mol. The van der Waals surface area contributed by atoms with Crippen LogP contribution < -0.4 is 9.64 Å². The Morgan fingerprint density at radius 2 is 1.96 bits per heavy atom. The van der Waals surface area contributed by atoms with Crippen LogP contribution in [-0.4, -0.2) is 18.1 Å². The van der Waals surface area contributed by atoms with Crippen LogP contribution >= 0.6 is 15.9 Å². The van der Waals surface area contributed by atoms with E-state index in [-0.39, 0.29) is 0 Å². The Hall–Kier alpha value is -2.07. The largest absolute Gasteiger partial charge is 0.487 e. The second-order valence-electron chi connectivity index (χ2n) is 7.11. The summed E-state index contributed by atoms with van der Waals surface area (Å²) in [7, 11) is 0. The van der Waals surface area contributed by atoms with Crippen molar-refractivity contribution in [2.75, 3.05) is 18.0 Å². The van der Waals surface area contributed by atoms with Crippen LogP contribution in [0.5, 0.6) is 5.75 Å². The van der Waals surface area contributed by atoms with Gasteiger partial charge < -0.3 is 9.64 Å². The van der Waals surface area contributed by atoms with Crippen LogP contribution in [0, 0.1) is 5.92 Å². The molecule has 1 fully saturated rings. The molecule has 0 saturated carbocycles. The van der Waals surface area contributed by atoms with Crippen LogP contribution in [0.4, 0.5) is 5.82 Å². The first-order valence-corrected chi connectivity index (χ1v) is 10.0. The number of ether oxygens (including phenoxy) is 1. The van der Waals surface area contributed by atoms with Crippen molar-refractivity contribution in [3.05, 3.63) is 64.6 Å². The van der Waals surface area contributed by atoms with Crippen LogP contribution in [0.3, 0.4) is 0 Å². The van der Waals surface area contributed by atoms with Crippen molar-refractivity contribution in [1.82, 2.24) is 4.98 Å². The molecule has 4 heteroatoms. The van der Waals surface area contributed by atoms with Crippen molar-refractivity contribution < 1.29 is 4.74 Å². The minimum Gasteiger partial charge on any atom is -0.487 e. The highest BCUT2D eigenvalue weighted by molar-refractivity contribution is 9.10. The number of aromatic nitrogens is 1. The molecule has 3 aromatic rings. The molecule has 26 heavy (non-hydrogen) atoms. The first-order chi connectivity index (χ1) is 12.7. The summed E-state index contributed by atoms with van der Waals surface area (Å²) < 4.78 is 7.19. The third kappa shape index (κ3) is 3.85. The lowest BCUT2D eigenvalue weighted by Gasteiger charge is -2.32. The molecule has 134 valence electrons. The van der Waals surface area contributed by atoms with Gasteiger partial charge in [0.1, 0.15) is 23.7 Å². The number of hydrogen-bond donors (Lipinski definition) is 0. The van der Waals surface area contributed by atoms with E-state index in [1.165, 1.54) is 12.8 Å². The summed E-state index contributed by atoms with van der Waals surface area (Å²) in [6, 6.07) is 18.7. The molecule has 4 rings (SSSR count). The lowest BCUT2D eigenvalue weighted by molar-refractivity contribution is 0.309. The molecule has 0 amide bonds. The maximum atomic E-state index is 6.11. The van der Waals surface area contributed by atoms with Crippen LogP contribution in [0.25, 0.3) is 10.9 Å². The number of pyridine rings is 1. The molecule has 1 aliphatic heterocycles. The molecule has 0 N–H and O–H groups in total. The fraction of sp³-hybridized carbons (Fsp3) is 0.318. The molecule has 1 saturated heterocycles. The van der Waals surface area contributed by atoms with Gasteiger partial charge in [-0.1, -0.05) is 47.1 Å². The van der Waals surface area contributed by atoms with E-state index < -0.39 is 0 Å². The fourth-order valence-electron chi connectivity index (χ4n) is 3.54. The molecular weight excluding hydrogens is 388 g/mol. The summed E-state index contributed by atoms with van der Waals surface area (Å²) in [6.45, 7) is 5.03. The first kappa shape index (κ1) is 17.3. The number of hydrogen-bond acceptors (Lipinski definition) is 3. The second kappa shape index (κ2) is 7.67. The number of benzene rings is 2. The molecule has 1 atom stereocenters. The summed E-state index contributed by atoms with van der Waals surface area (Å²) in [5.74, 6) is 2.63. The van der Waals surface area contributed by atoms with E-state index >= 15 is 0 Å². The van der Waals surface area contributed by atoms with Gasteiger partial charge >= 0.3 is 0 Å².